The summed E-state index contributed by atoms with van der Waals surface area (Å²) in [6.07, 6.45) is 0. The molecule has 0 aromatic heterocycles. The zero-order chi connectivity index (χ0) is 7.71. The molecule has 0 saturated carbocycles. The third-order valence-electron chi connectivity index (χ3n) is 0.437. The molecule has 0 aromatic carbocycles. The monoisotopic (exact) mass is 212 g/mol. The van der Waals surface area contributed by atoms with Crippen LogP contribution in [0.4, 0.5) is 0 Å². The van der Waals surface area contributed by atoms with Gasteiger partial charge in [-0.05, 0) is 0 Å². The normalized spacial score (nSPS) is 13.6. The summed E-state index contributed by atoms with van der Waals surface area (Å²) in [5.41, 5.74) is 0. The summed E-state index contributed by atoms with van der Waals surface area (Å²) in [7, 11) is -4.45. The summed E-state index contributed by atoms with van der Waals surface area (Å²) in [6.45, 7) is 0. The van der Waals surface area contributed by atoms with Crippen molar-refractivity contribution < 1.29 is 16.8 Å². The molecule has 0 aliphatic heterocycles. The summed E-state index contributed by atoms with van der Waals surface area (Å²) < 4.78 is 40.3. The van der Waals surface area contributed by atoms with Crippen molar-refractivity contribution in [3.05, 3.63) is 0 Å². The highest BCUT2D eigenvalue weighted by Gasteiger charge is 2.25. The minimum atomic E-state index is -4.54. The molecule has 0 spiro atoms. The summed E-state index contributed by atoms with van der Waals surface area (Å²) in [5, 5.41) is -1.02. The average molecular weight is 213 g/mol. The number of hydrogen-bond acceptors (Lipinski definition) is 4. The molecule has 0 saturated heterocycles. The second-order valence-electron chi connectivity index (χ2n) is 1.06. The van der Waals surface area contributed by atoms with Crippen LogP contribution in [0.3, 0.4) is 0 Å². The van der Waals surface area contributed by atoms with Gasteiger partial charge in [-0.15, -0.1) is 11.6 Å². The maximum Gasteiger partial charge on any atom is 0.338 e. The molecule has 8 heteroatoms. The second kappa shape index (κ2) is 2.61. The third kappa shape index (κ3) is 2.29. The number of hydrogen-bond donors (Lipinski definition) is 0. The van der Waals surface area contributed by atoms with Crippen LogP contribution in [0.2, 0.25) is 0 Å². The number of alkyl halides is 1. The lowest BCUT2D eigenvalue weighted by Gasteiger charge is -1.89. The van der Waals surface area contributed by atoms with E-state index in [9.17, 15) is 16.8 Å². The highest BCUT2D eigenvalue weighted by Crippen LogP contribution is 2.09. The smallest absolute Gasteiger partial charge is 0.210 e. The Hall–Kier alpha value is 0.480. The molecule has 0 aromatic rings. The molecule has 0 unspecified atom stereocenters. The minimum Gasteiger partial charge on any atom is -0.210 e. The Balaban J connectivity index is 5.07. The average Bonchev–Trinajstić information content (AvgIpc) is 1.64. The van der Waals surface area contributed by atoms with Crippen molar-refractivity contribution in [3.8, 4) is 0 Å². The molecule has 0 radical (unpaired) electrons. The lowest BCUT2D eigenvalue weighted by atomic mass is 11.9. The van der Waals surface area contributed by atoms with Crippen LogP contribution in [0, 0.1) is 0 Å². The maximum atomic E-state index is 10.2. The van der Waals surface area contributed by atoms with E-state index in [1.807, 2.05) is 0 Å². The SMILES string of the molecule is O=S(=O)(Cl)S(=O)(=O)CCl. The van der Waals surface area contributed by atoms with Gasteiger partial charge in [0, 0.05) is 10.7 Å². The molecule has 0 aliphatic carbocycles. The molecule has 9 heavy (non-hydrogen) atoms. The summed E-state index contributed by atoms with van der Waals surface area (Å²) in [6, 6.07) is 0. The van der Waals surface area contributed by atoms with Crippen molar-refractivity contribution in [2.45, 2.75) is 0 Å². The molecule has 56 valence electrons. The van der Waals surface area contributed by atoms with Crippen molar-refractivity contribution >= 4 is 39.2 Å². The van der Waals surface area contributed by atoms with Crippen LogP contribution in [-0.4, -0.2) is 22.0 Å². The Morgan fingerprint density at radius 1 is 1.11 bits per heavy atom. The maximum absolute atomic E-state index is 10.2. The molecular weight excluding hydrogens is 211 g/mol. The fourth-order valence-corrected chi connectivity index (χ4v) is 2.35. The van der Waals surface area contributed by atoms with E-state index < -0.39 is 22.2 Å². The predicted octanol–water partition coefficient (Wildman–Crippen LogP) is 0.0811. The first-order valence-electron chi connectivity index (χ1n) is 1.54. The minimum absolute atomic E-state index is 1.02. The standard InChI is InChI=1S/CH2Cl2O4S2/c2-1-8(4,5)9(3,6)7/h1H2. The van der Waals surface area contributed by atoms with Crippen LogP contribution in [-0.2, 0) is 17.0 Å². The van der Waals surface area contributed by atoms with E-state index in [1.165, 1.54) is 0 Å². The van der Waals surface area contributed by atoms with Crippen LogP contribution < -0.4 is 0 Å². The van der Waals surface area contributed by atoms with Gasteiger partial charge < -0.3 is 0 Å². The van der Waals surface area contributed by atoms with Gasteiger partial charge in [-0.25, -0.2) is 8.42 Å². The second-order valence-corrected chi connectivity index (χ2v) is 8.44. The van der Waals surface area contributed by atoms with Crippen molar-refractivity contribution in [3.63, 3.8) is 0 Å². The molecule has 0 fully saturated rings. The van der Waals surface area contributed by atoms with Gasteiger partial charge in [0.25, 0.3) is 8.87 Å². The van der Waals surface area contributed by atoms with Gasteiger partial charge >= 0.3 is 8.08 Å². The van der Waals surface area contributed by atoms with Gasteiger partial charge in [0.15, 0.2) is 0 Å². The highest BCUT2D eigenvalue weighted by atomic mass is 35.8. The van der Waals surface area contributed by atoms with Crippen molar-refractivity contribution in [2.24, 2.45) is 0 Å². The van der Waals surface area contributed by atoms with Gasteiger partial charge in [-0.2, -0.15) is 8.42 Å². The fourth-order valence-electron chi connectivity index (χ4n) is 0.0532. The van der Waals surface area contributed by atoms with Crippen molar-refractivity contribution in [1.82, 2.24) is 0 Å². The van der Waals surface area contributed by atoms with E-state index in [0.29, 0.717) is 0 Å². The van der Waals surface area contributed by atoms with E-state index in [-0.39, 0.29) is 0 Å². The molecule has 0 N–H and O–H groups in total. The predicted molar refractivity (Wildman–Crippen MR) is 34.4 cm³/mol. The molecule has 0 amide bonds. The Kier molecular flexibility index (Phi) is 2.75. The number of halogens is 2. The van der Waals surface area contributed by atoms with Gasteiger partial charge in [0.05, 0.1) is 0 Å². The first kappa shape index (κ1) is 9.48. The quantitative estimate of drug-likeness (QED) is 0.370. The van der Waals surface area contributed by atoms with Crippen LogP contribution >= 0.6 is 22.3 Å². The van der Waals surface area contributed by atoms with Crippen LogP contribution in [0.1, 0.15) is 0 Å². The number of rotatable bonds is 2. The fraction of sp³-hybridized carbons (Fsp3) is 1.00. The Morgan fingerprint density at radius 2 is 1.44 bits per heavy atom. The van der Waals surface area contributed by atoms with Crippen molar-refractivity contribution in [1.29, 1.82) is 0 Å². The van der Waals surface area contributed by atoms with E-state index in [2.05, 4.69) is 10.7 Å². The van der Waals surface area contributed by atoms with Gasteiger partial charge in [0.2, 0.25) is 0 Å². The summed E-state index contributed by atoms with van der Waals surface area (Å²) in [5.74, 6) is 0. The summed E-state index contributed by atoms with van der Waals surface area (Å²) >= 11 is 4.73. The van der Waals surface area contributed by atoms with Crippen LogP contribution in [0.25, 0.3) is 0 Å². The molecule has 0 bridgehead atoms. The zero-order valence-corrected chi connectivity index (χ0v) is 7.06. The molecule has 0 aliphatic rings. The topological polar surface area (TPSA) is 68.3 Å². The molecular formula is CH2Cl2O4S2. The lowest BCUT2D eigenvalue weighted by Crippen LogP contribution is -2.09. The van der Waals surface area contributed by atoms with Gasteiger partial charge in [0.1, 0.15) is 5.21 Å². The third-order valence-corrected chi connectivity index (χ3v) is 6.46. The molecule has 4 nitrogen and oxygen atoms in total. The molecule has 0 atom stereocenters. The summed E-state index contributed by atoms with van der Waals surface area (Å²) in [4.78, 5) is 0. The van der Waals surface area contributed by atoms with E-state index in [0.717, 1.165) is 0 Å². The lowest BCUT2D eigenvalue weighted by molar-refractivity contribution is 0.592. The van der Waals surface area contributed by atoms with Crippen molar-refractivity contribution in [2.75, 3.05) is 5.21 Å². The van der Waals surface area contributed by atoms with E-state index in [1.54, 1.807) is 0 Å². The van der Waals surface area contributed by atoms with Gasteiger partial charge in [-0.1, -0.05) is 0 Å². The molecule has 0 rings (SSSR count). The van der Waals surface area contributed by atoms with E-state index >= 15 is 0 Å². The van der Waals surface area contributed by atoms with Crippen LogP contribution in [0.15, 0.2) is 0 Å². The molecule has 0 heterocycles. The van der Waals surface area contributed by atoms with Crippen LogP contribution in [0.5, 0.6) is 0 Å². The highest BCUT2D eigenvalue weighted by molar-refractivity contribution is 8.76. The zero-order valence-electron chi connectivity index (χ0n) is 3.91. The largest absolute Gasteiger partial charge is 0.338 e. The Labute approximate surface area is 61.5 Å². The van der Waals surface area contributed by atoms with Gasteiger partial charge in [-0.3, -0.25) is 0 Å². The first-order chi connectivity index (χ1) is 3.81. The Bertz CT molecular complexity index is 272. The van der Waals surface area contributed by atoms with E-state index in [4.69, 9.17) is 11.6 Å². The Morgan fingerprint density at radius 3 is 1.44 bits per heavy atom. The first-order valence-corrected chi connectivity index (χ1v) is 6.56.